The maximum absolute atomic E-state index is 13.6. The Morgan fingerprint density at radius 1 is 1.03 bits per heavy atom. The van der Waals surface area contributed by atoms with Crippen molar-refractivity contribution in [3.63, 3.8) is 0 Å². The van der Waals surface area contributed by atoms with Crippen LogP contribution >= 0.6 is 11.3 Å². The van der Waals surface area contributed by atoms with Gasteiger partial charge in [-0.3, -0.25) is 4.79 Å². The smallest absolute Gasteiger partial charge is 0.256 e. The molecular formula is C25H23N5O3S. The fourth-order valence-corrected chi connectivity index (χ4v) is 4.85. The minimum atomic E-state index is -0.443. The van der Waals surface area contributed by atoms with Gasteiger partial charge in [-0.15, -0.1) is 16.4 Å². The number of nitrogens with zero attached hydrogens (tertiary/aromatic N) is 3. The Morgan fingerprint density at radius 3 is 2.50 bits per heavy atom. The largest absolute Gasteiger partial charge is 0.496 e. The minimum Gasteiger partial charge on any atom is -0.496 e. The van der Waals surface area contributed by atoms with Crippen LogP contribution in [-0.2, 0) is 4.79 Å². The van der Waals surface area contributed by atoms with Crippen LogP contribution in [-0.4, -0.2) is 34.9 Å². The van der Waals surface area contributed by atoms with Crippen molar-refractivity contribution in [2.75, 3.05) is 24.9 Å². The Morgan fingerprint density at radius 2 is 1.76 bits per heavy atom. The summed E-state index contributed by atoms with van der Waals surface area (Å²) < 4.78 is 12.7. The summed E-state index contributed by atoms with van der Waals surface area (Å²) in [5.74, 6) is 2.10. The van der Waals surface area contributed by atoms with Crippen LogP contribution in [0.4, 0.5) is 11.6 Å². The summed E-state index contributed by atoms with van der Waals surface area (Å²) in [5, 5.41) is 13.1. The number of carbonyl (C=O) groups excluding carboxylic acids is 1. The molecule has 2 N–H and O–H groups in total. The first-order valence-corrected chi connectivity index (χ1v) is 11.5. The molecule has 1 amide bonds. The zero-order chi connectivity index (χ0) is 23.7. The summed E-state index contributed by atoms with van der Waals surface area (Å²) >= 11 is 1.56. The van der Waals surface area contributed by atoms with Gasteiger partial charge in [0.1, 0.15) is 17.5 Å². The number of fused-ring (bicyclic) bond motifs is 1. The Bertz CT molecular complexity index is 1380. The maximum atomic E-state index is 13.6. The van der Waals surface area contributed by atoms with Gasteiger partial charge in [0, 0.05) is 10.6 Å². The lowest BCUT2D eigenvalue weighted by atomic mass is 10.0. The van der Waals surface area contributed by atoms with Crippen LogP contribution in [0, 0.1) is 0 Å². The van der Waals surface area contributed by atoms with Gasteiger partial charge in [0.15, 0.2) is 5.82 Å². The number of ether oxygens (including phenoxy) is 2. The predicted molar refractivity (Wildman–Crippen MR) is 132 cm³/mol. The average molecular weight is 474 g/mol. The van der Waals surface area contributed by atoms with E-state index in [1.165, 1.54) is 0 Å². The van der Waals surface area contributed by atoms with E-state index < -0.39 is 6.04 Å². The summed E-state index contributed by atoms with van der Waals surface area (Å²) in [6, 6.07) is 18.4. The molecule has 2 aromatic carbocycles. The molecular weight excluding hydrogens is 450 g/mol. The summed E-state index contributed by atoms with van der Waals surface area (Å²) in [6.45, 7) is 1.87. The number of hydrogen-bond acceptors (Lipinski definition) is 7. The third-order valence-corrected chi connectivity index (χ3v) is 6.54. The van der Waals surface area contributed by atoms with Crippen LogP contribution in [0.25, 0.3) is 11.4 Å². The van der Waals surface area contributed by atoms with E-state index in [9.17, 15) is 4.79 Å². The van der Waals surface area contributed by atoms with Crippen molar-refractivity contribution >= 4 is 28.9 Å². The number of nitrogens with one attached hydrogen (secondary N) is 2. The number of para-hydroxylation sites is 3. The molecule has 0 spiro atoms. The second-order valence-electron chi connectivity index (χ2n) is 7.64. The van der Waals surface area contributed by atoms with Crippen molar-refractivity contribution in [2.45, 2.75) is 13.0 Å². The fraction of sp³-hybridized carbons (Fsp3) is 0.160. The maximum Gasteiger partial charge on any atom is 0.256 e. The van der Waals surface area contributed by atoms with E-state index in [2.05, 4.69) is 10.6 Å². The van der Waals surface area contributed by atoms with Crippen molar-refractivity contribution < 1.29 is 14.3 Å². The summed E-state index contributed by atoms with van der Waals surface area (Å²) in [4.78, 5) is 19.3. The Labute approximate surface area is 200 Å². The zero-order valence-electron chi connectivity index (χ0n) is 18.9. The third-order valence-electron chi connectivity index (χ3n) is 5.61. The van der Waals surface area contributed by atoms with Crippen LogP contribution in [0.1, 0.15) is 17.8 Å². The molecule has 172 valence electrons. The van der Waals surface area contributed by atoms with Crippen LogP contribution < -0.4 is 20.1 Å². The number of methoxy groups -OCH3 is 2. The standard InChI is InChI=1S/C25H23N5O3S/c1-15-21(24(31)27-17-10-5-7-12-19(17)33-3)22(20-13-8-14-34-20)30-25(26-15)28-23(29-30)16-9-4-6-11-18(16)32-2/h4-14,22H,1-3H3,(H,27,31)(H,26,28,29). The molecule has 1 aliphatic rings. The number of allylic oxidation sites excluding steroid dienone is 1. The molecule has 1 unspecified atom stereocenters. The Hall–Kier alpha value is -4.11. The molecule has 0 saturated carbocycles. The van der Waals surface area contributed by atoms with Crippen molar-refractivity contribution in [1.82, 2.24) is 14.8 Å². The monoisotopic (exact) mass is 473 g/mol. The topological polar surface area (TPSA) is 90.3 Å². The van der Waals surface area contributed by atoms with Gasteiger partial charge in [-0.25, -0.2) is 4.68 Å². The van der Waals surface area contributed by atoms with E-state index in [0.29, 0.717) is 40.2 Å². The number of carbonyl (C=O) groups is 1. The molecule has 4 aromatic rings. The molecule has 0 bridgehead atoms. The van der Waals surface area contributed by atoms with Gasteiger partial charge >= 0.3 is 0 Å². The highest BCUT2D eigenvalue weighted by molar-refractivity contribution is 7.10. The molecule has 3 heterocycles. The number of thiophene rings is 1. The van der Waals surface area contributed by atoms with E-state index in [-0.39, 0.29) is 5.91 Å². The van der Waals surface area contributed by atoms with Gasteiger partial charge in [-0.1, -0.05) is 30.3 Å². The Kier molecular flexibility index (Phi) is 5.77. The SMILES string of the molecule is COc1ccccc1NC(=O)C1=C(C)Nc2nc(-c3ccccc3OC)nn2C1c1cccs1. The normalized spacial score (nSPS) is 14.9. The van der Waals surface area contributed by atoms with Gasteiger partial charge < -0.3 is 20.1 Å². The number of rotatable bonds is 6. The lowest BCUT2D eigenvalue weighted by molar-refractivity contribution is -0.113. The molecule has 2 aromatic heterocycles. The first kappa shape index (κ1) is 21.7. The van der Waals surface area contributed by atoms with E-state index in [4.69, 9.17) is 19.6 Å². The second kappa shape index (κ2) is 9.03. The van der Waals surface area contributed by atoms with Crippen LogP contribution in [0.3, 0.4) is 0 Å². The third kappa shape index (κ3) is 3.80. The van der Waals surface area contributed by atoms with E-state index in [1.54, 1.807) is 30.2 Å². The van der Waals surface area contributed by atoms with Gasteiger partial charge in [0.2, 0.25) is 5.95 Å². The first-order chi connectivity index (χ1) is 16.6. The van der Waals surface area contributed by atoms with E-state index >= 15 is 0 Å². The number of anilines is 2. The van der Waals surface area contributed by atoms with E-state index in [1.807, 2.05) is 73.0 Å². The summed E-state index contributed by atoms with van der Waals surface area (Å²) in [6.07, 6.45) is 0. The second-order valence-corrected chi connectivity index (χ2v) is 8.62. The molecule has 9 heteroatoms. The lowest BCUT2D eigenvalue weighted by Crippen LogP contribution is -2.31. The van der Waals surface area contributed by atoms with Gasteiger partial charge in [-0.05, 0) is 42.6 Å². The predicted octanol–water partition coefficient (Wildman–Crippen LogP) is 4.95. The Balaban J connectivity index is 1.58. The molecule has 34 heavy (non-hydrogen) atoms. The van der Waals surface area contributed by atoms with E-state index in [0.717, 1.165) is 10.4 Å². The van der Waals surface area contributed by atoms with Crippen LogP contribution in [0.15, 0.2) is 77.3 Å². The summed E-state index contributed by atoms with van der Waals surface area (Å²) in [5.41, 5.74) is 2.63. The molecule has 5 rings (SSSR count). The van der Waals surface area contributed by atoms with Crippen molar-refractivity contribution in [2.24, 2.45) is 0 Å². The van der Waals surface area contributed by atoms with Gasteiger partial charge in [0.05, 0.1) is 31.0 Å². The number of hydrogen-bond donors (Lipinski definition) is 2. The molecule has 1 atom stereocenters. The van der Waals surface area contributed by atoms with Crippen LogP contribution in [0.2, 0.25) is 0 Å². The highest BCUT2D eigenvalue weighted by Crippen LogP contribution is 2.39. The highest BCUT2D eigenvalue weighted by Gasteiger charge is 2.35. The van der Waals surface area contributed by atoms with Crippen LogP contribution in [0.5, 0.6) is 11.5 Å². The van der Waals surface area contributed by atoms with Crippen molar-refractivity contribution in [3.8, 4) is 22.9 Å². The van der Waals surface area contributed by atoms with Crippen molar-refractivity contribution in [3.05, 3.63) is 82.2 Å². The number of amides is 1. The quantitative estimate of drug-likeness (QED) is 0.412. The van der Waals surface area contributed by atoms with Crippen molar-refractivity contribution in [1.29, 1.82) is 0 Å². The van der Waals surface area contributed by atoms with Gasteiger partial charge in [0.25, 0.3) is 5.91 Å². The summed E-state index contributed by atoms with van der Waals surface area (Å²) in [7, 11) is 3.20. The highest BCUT2D eigenvalue weighted by atomic mass is 32.1. The van der Waals surface area contributed by atoms with Gasteiger partial charge in [-0.2, -0.15) is 4.98 Å². The minimum absolute atomic E-state index is 0.243. The number of aromatic nitrogens is 3. The molecule has 8 nitrogen and oxygen atoms in total. The molecule has 1 aliphatic heterocycles. The average Bonchev–Trinajstić information content (AvgIpc) is 3.53. The molecule has 0 aliphatic carbocycles. The number of benzene rings is 2. The molecule has 0 saturated heterocycles. The first-order valence-electron chi connectivity index (χ1n) is 10.7. The fourth-order valence-electron chi connectivity index (χ4n) is 4.04. The molecule has 0 radical (unpaired) electrons. The molecule has 0 fully saturated rings. The lowest BCUT2D eigenvalue weighted by Gasteiger charge is -2.27. The zero-order valence-corrected chi connectivity index (χ0v) is 19.7.